The van der Waals surface area contributed by atoms with Gasteiger partial charge in [-0.05, 0) is 24.0 Å². The van der Waals surface area contributed by atoms with Crippen LogP contribution in [-0.4, -0.2) is 6.09 Å². The summed E-state index contributed by atoms with van der Waals surface area (Å²) in [5.41, 5.74) is 7.19. The molecule has 1 unspecified atom stereocenters. The molecule has 1 amide bonds. The van der Waals surface area contributed by atoms with Gasteiger partial charge < -0.3 is 10.5 Å². The molecule has 0 bridgehead atoms. The maximum atomic E-state index is 11.5. The molecule has 1 atom stereocenters. The minimum absolute atomic E-state index is 0.294. The van der Waals surface area contributed by atoms with Crippen molar-refractivity contribution >= 4 is 6.09 Å². The fraction of sp³-hybridized carbons (Fsp3) is 0.316. The molecule has 0 saturated heterocycles. The molecular formula is C19H23NO2. The van der Waals surface area contributed by atoms with Gasteiger partial charge in [0.2, 0.25) is 0 Å². The van der Waals surface area contributed by atoms with Gasteiger partial charge in [-0.3, -0.25) is 0 Å². The Morgan fingerprint density at radius 2 is 1.50 bits per heavy atom. The maximum absolute atomic E-state index is 11.5. The number of nitrogens with two attached hydrogens (primary N) is 1. The fourth-order valence-electron chi connectivity index (χ4n) is 3.19. The van der Waals surface area contributed by atoms with E-state index in [9.17, 15) is 4.79 Å². The third-order valence-electron chi connectivity index (χ3n) is 4.45. The zero-order valence-electron chi connectivity index (χ0n) is 13.2. The van der Waals surface area contributed by atoms with Gasteiger partial charge in [0.15, 0.2) is 0 Å². The molecule has 0 radical (unpaired) electrons. The molecule has 22 heavy (non-hydrogen) atoms. The fourth-order valence-corrected chi connectivity index (χ4v) is 3.19. The van der Waals surface area contributed by atoms with Crippen LogP contribution in [0.5, 0.6) is 0 Å². The number of amides is 1. The Kier molecular flexibility index (Phi) is 5.21. The summed E-state index contributed by atoms with van der Waals surface area (Å²) >= 11 is 0. The van der Waals surface area contributed by atoms with E-state index in [0.29, 0.717) is 0 Å². The standard InChI is InChI=1S/C19H23NO2/c1-3-19(4-2,16-13-9-6-10-14-16)17(22-18(20)21)15-11-7-5-8-12-15/h5-14,17H,3-4H2,1-2H3,(H2,20,21). The molecule has 0 saturated carbocycles. The van der Waals surface area contributed by atoms with Gasteiger partial charge in [0.1, 0.15) is 6.10 Å². The lowest BCUT2D eigenvalue weighted by Gasteiger charge is -2.39. The van der Waals surface area contributed by atoms with Crippen molar-refractivity contribution in [3.05, 3.63) is 71.8 Å². The van der Waals surface area contributed by atoms with Crippen LogP contribution in [0.25, 0.3) is 0 Å². The second kappa shape index (κ2) is 7.12. The Morgan fingerprint density at radius 1 is 1.00 bits per heavy atom. The molecule has 3 heteroatoms. The van der Waals surface area contributed by atoms with Crippen molar-refractivity contribution in [3.8, 4) is 0 Å². The summed E-state index contributed by atoms with van der Waals surface area (Å²) in [6, 6.07) is 20.0. The third kappa shape index (κ3) is 3.14. The number of ether oxygens (including phenoxy) is 1. The van der Waals surface area contributed by atoms with Crippen molar-refractivity contribution in [1.82, 2.24) is 0 Å². The number of benzene rings is 2. The van der Waals surface area contributed by atoms with E-state index in [1.54, 1.807) is 0 Å². The monoisotopic (exact) mass is 297 g/mol. The lowest BCUT2D eigenvalue weighted by atomic mass is 9.69. The van der Waals surface area contributed by atoms with Gasteiger partial charge in [0.05, 0.1) is 0 Å². The van der Waals surface area contributed by atoms with Gasteiger partial charge >= 0.3 is 6.09 Å². The first-order valence-electron chi connectivity index (χ1n) is 7.70. The van der Waals surface area contributed by atoms with E-state index < -0.39 is 12.2 Å². The Hall–Kier alpha value is -2.29. The topological polar surface area (TPSA) is 52.3 Å². The molecule has 2 aromatic rings. The van der Waals surface area contributed by atoms with Crippen LogP contribution in [0.3, 0.4) is 0 Å². The minimum Gasteiger partial charge on any atom is -0.441 e. The largest absolute Gasteiger partial charge is 0.441 e. The zero-order valence-corrected chi connectivity index (χ0v) is 13.2. The molecule has 3 nitrogen and oxygen atoms in total. The molecule has 2 aromatic carbocycles. The van der Waals surface area contributed by atoms with Crippen molar-refractivity contribution in [2.45, 2.75) is 38.2 Å². The summed E-state index contributed by atoms with van der Waals surface area (Å²) in [6.07, 6.45) is 0.556. The number of primary amides is 1. The number of hydrogen-bond donors (Lipinski definition) is 1. The van der Waals surface area contributed by atoms with Crippen LogP contribution >= 0.6 is 0 Å². The molecule has 2 N–H and O–H groups in total. The molecule has 116 valence electrons. The Labute approximate surface area is 132 Å². The van der Waals surface area contributed by atoms with Gasteiger partial charge in [-0.15, -0.1) is 0 Å². The molecule has 0 aliphatic carbocycles. The van der Waals surface area contributed by atoms with Crippen molar-refractivity contribution in [2.24, 2.45) is 5.73 Å². The van der Waals surface area contributed by atoms with E-state index in [4.69, 9.17) is 10.5 Å². The van der Waals surface area contributed by atoms with Gasteiger partial charge in [0, 0.05) is 5.41 Å². The molecular weight excluding hydrogens is 274 g/mol. The normalized spacial score (nSPS) is 12.6. The zero-order chi connectivity index (χ0) is 16.0. The van der Waals surface area contributed by atoms with Crippen LogP contribution in [0.1, 0.15) is 43.9 Å². The quantitative estimate of drug-likeness (QED) is 0.848. The van der Waals surface area contributed by atoms with Crippen molar-refractivity contribution in [3.63, 3.8) is 0 Å². The van der Waals surface area contributed by atoms with E-state index >= 15 is 0 Å². The maximum Gasteiger partial charge on any atom is 0.405 e. The van der Waals surface area contributed by atoms with Crippen LogP contribution in [-0.2, 0) is 10.2 Å². The molecule has 0 aliphatic rings. The number of carbonyl (C=O) groups is 1. The van der Waals surface area contributed by atoms with Crippen LogP contribution in [0.15, 0.2) is 60.7 Å². The average molecular weight is 297 g/mol. The van der Waals surface area contributed by atoms with Gasteiger partial charge in [-0.1, -0.05) is 74.5 Å². The smallest absolute Gasteiger partial charge is 0.405 e. The Balaban J connectivity index is 2.56. The second-order valence-electron chi connectivity index (χ2n) is 5.46. The lowest BCUT2D eigenvalue weighted by Crippen LogP contribution is -2.36. The van der Waals surface area contributed by atoms with E-state index in [0.717, 1.165) is 24.0 Å². The first kappa shape index (κ1) is 16.1. The first-order chi connectivity index (χ1) is 10.6. The highest BCUT2D eigenvalue weighted by atomic mass is 16.6. The summed E-state index contributed by atoms with van der Waals surface area (Å²) < 4.78 is 5.58. The third-order valence-corrected chi connectivity index (χ3v) is 4.45. The van der Waals surface area contributed by atoms with Crippen molar-refractivity contribution in [2.75, 3.05) is 0 Å². The minimum atomic E-state index is -0.740. The van der Waals surface area contributed by atoms with Gasteiger partial charge in [-0.25, -0.2) is 4.79 Å². The number of rotatable bonds is 6. The Bertz CT molecular complexity index is 591. The van der Waals surface area contributed by atoms with E-state index in [2.05, 4.69) is 26.0 Å². The average Bonchev–Trinajstić information content (AvgIpc) is 2.57. The highest BCUT2D eigenvalue weighted by Crippen LogP contribution is 2.45. The lowest BCUT2D eigenvalue weighted by molar-refractivity contribution is 0.0441. The number of carbonyl (C=O) groups excluding carboxylic acids is 1. The van der Waals surface area contributed by atoms with Crippen LogP contribution < -0.4 is 5.73 Å². The van der Waals surface area contributed by atoms with Gasteiger partial charge in [-0.2, -0.15) is 0 Å². The summed E-state index contributed by atoms with van der Waals surface area (Å²) in [5.74, 6) is 0. The van der Waals surface area contributed by atoms with Crippen LogP contribution in [0.4, 0.5) is 4.79 Å². The van der Waals surface area contributed by atoms with E-state index in [-0.39, 0.29) is 5.41 Å². The highest BCUT2D eigenvalue weighted by molar-refractivity contribution is 5.65. The first-order valence-corrected chi connectivity index (χ1v) is 7.70. The molecule has 0 aliphatic heterocycles. The number of hydrogen-bond acceptors (Lipinski definition) is 2. The summed E-state index contributed by atoms with van der Waals surface area (Å²) in [5, 5.41) is 0. The summed E-state index contributed by atoms with van der Waals surface area (Å²) in [6.45, 7) is 4.24. The second-order valence-corrected chi connectivity index (χ2v) is 5.46. The molecule has 2 rings (SSSR count). The van der Waals surface area contributed by atoms with Crippen molar-refractivity contribution in [1.29, 1.82) is 0 Å². The molecule has 0 heterocycles. The van der Waals surface area contributed by atoms with Crippen LogP contribution in [0.2, 0.25) is 0 Å². The predicted octanol–water partition coefficient (Wildman–Crippen LogP) is 4.58. The van der Waals surface area contributed by atoms with Crippen molar-refractivity contribution < 1.29 is 9.53 Å². The Morgan fingerprint density at radius 3 is 1.95 bits per heavy atom. The summed E-state index contributed by atoms with van der Waals surface area (Å²) in [7, 11) is 0. The molecule has 0 aromatic heterocycles. The molecule has 0 fully saturated rings. The predicted molar refractivity (Wildman–Crippen MR) is 88.6 cm³/mol. The van der Waals surface area contributed by atoms with E-state index in [1.165, 1.54) is 0 Å². The van der Waals surface area contributed by atoms with Crippen LogP contribution in [0, 0.1) is 0 Å². The SMILES string of the molecule is CCC(CC)(c1ccccc1)C(OC(N)=O)c1ccccc1. The molecule has 0 spiro atoms. The highest BCUT2D eigenvalue weighted by Gasteiger charge is 2.40. The summed E-state index contributed by atoms with van der Waals surface area (Å²) in [4.78, 5) is 11.5. The van der Waals surface area contributed by atoms with E-state index in [1.807, 2.05) is 48.5 Å². The van der Waals surface area contributed by atoms with Gasteiger partial charge in [0.25, 0.3) is 0 Å².